The molecule has 2 amide bonds. The molecular weight excluding hydrogens is 474 g/mol. The predicted molar refractivity (Wildman–Crippen MR) is 141 cm³/mol. The van der Waals surface area contributed by atoms with Gasteiger partial charge in [-0.3, -0.25) is 14.9 Å². The summed E-state index contributed by atoms with van der Waals surface area (Å²) >= 11 is 13.1. The van der Waals surface area contributed by atoms with E-state index in [1.165, 1.54) is 11.3 Å². The number of anilines is 2. The number of carbonyl (C=O) groups excluding carboxylic acids is 2. The van der Waals surface area contributed by atoms with Crippen molar-refractivity contribution in [2.75, 3.05) is 16.8 Å². The first kappa shape index (κ1) is 22.9. The maximum atomic E-state index is 13.3. The normalized spacial score (nSPS) is 10.6. The van der Waals surface area contributed by atoms with Crippen LogP contribution in [-0.4, -0.2) is 23.5 Å². The van der Waals surface area contributed by atoms with E-state index in [0.717, 1.165) is 15.8 Å². The van der Waals surface area contributed by atoms with E-state index in [-0.39, 0.29) is 11.0 Å². The molecule has 166 valence electrons. The molecule has 4 rings (SSSR count). The van der Waals surface area contributed by atoms with Crippen LogP contribution in [-0.2, 0) is 0 Å². The van der Waals surface area contributed by atoms with Gasteiger partial charge in [0.25, 0.3) is 11.8 Å². The minimum atomic E-state index is -0.401. The van der Waals surface area contributed by atoms with Crippen LogP contribution in [0.4, 0.5) is 11.4 Å². The lowest BCUT2D eigenvalue weighted by molar-refractivity contribution is 0.0977. The maximum Gasteiger partial charge on any atom is 0.269 e. The van der Waals surface area contributed by atoms with E-state index in [2.05, 4.69) is 10.6 Å². The number of fused-ring (bicyclic) bond motifs is 1. The van der Waals surface area contributed by atoms with Crippen molar-refractivity contribution in [3.8, 4) is 0 Å². The van der Waals surface area contributed by atoms with Crippen LogP contribution in [0.5, 0.6) is 0 Å². The van der Waals surface area contributed by atoms with E-state index in [0.29, 0.717) is 27.7 Å². The number of nitrogens with one attached hydrogen (secondary N) is 2. The number of thiophene rings is 1. The Kier molecular flexibility index (Phi) is 7.03. The second-order valence-corrected chi connectivity index (χ2v) is 8.92. The number of carbonyl (C=O) groups is 2. The van der Waals surface area contributed by atoms with E-state index in [9.17, 15) is 9.59 Å². The molecule has 0 saturated heterocycles. The average Bonchev–Trinajstić information content (AvgIpc) is 3.17. The molecule has 0 radical (unpaired) electrons. The summed E-state index contributed by atoms with van der Waals surface area (Å²) in [5.41, 5.74) is 1.75. The summed E-state index contributed by atoms with van der Waals surface area (Å²) in [6.45, 7) is 2.42. The van der Waals surface area contributed by atoms with Gasteiger partial charge in [0.15, 0.2) is 5.11 Å². The van der Waals surface area contributed by atoms with Gasteiger partial charge in [-0.25, -0.2) is 0 Å². The number of halogens is 1. The third kappa shape index (κ3) is 4.90. The van der Waals surface area contributed by atoms with Crippen LogP contribution in [0.15, 0.2) is 78.9 Å². The van der Waals surface area contributed by atoms with Gasteiger partial charge >= 0.3 is 0 Å². The molecule has 8 heteroatoms. The van der Waals surface area contributed by atoms with E-state index < -0.39 is 5.91 Å². The number of amides is 2. The highest BCUT2D eigenvalue weighted by molar-refractivity contribution is 7.80. The summed E-state index contributed by atoms with van der Waals surface area (Å²) in [6.07, 6.45) is 0. The Morgan fingerprint density at radius 2 is 1.64 bits per heavy atom. The molecule has 0 aliphatic carbocycles. The third-order valence-electron chi connectivity index (χ3n) is 5.00. The van der Waals surface area contributed by atoms with E-state index >= 15 is 0 Å². The van der Waals surface area contributed by atoms with Gasteiger partial charge in [0.05, 0.1) is 16.3 Å². The first-order chi connectivity index (χ1) is 16.0. The van der Waals surface area contributed by atoms with Crippen molar-refractivity contribution in [3.63, 3.8) is 0 Å². The summed E-state index contributed by atoms with van der Waals surface area (Å²) in [7, 11) is 0. The molecule has 4 aromatic rings. The van der Waals surface area contributed by atoms with Crippen molar-refractivity contribution in [1.82, 2.24) is 5.32 Å². The van der Waals surface area contributed by atoms with Crippen LogP contribution in [0, 0.1) is 0 Å². The molecule has 0 bridgehead atoms. The van der Waals surface area contributed by atoms with Gasteiger partial charge in [-0.15, -0.1) is 11.3 Å². The molecule has 0 aliphatic heterocycles. The van der Waals surface area contributed by atoms with Gasteiger partial charge in [-0.1, -0.05) is 60.1 Å². The minimum absolute atomic E-state index is 0.0801. The Morgan fingerprint density at radius 1 is 0.970 bits per heavy atom. The van der Waals surface area contributed by atoms with Crippen LogP contribution in [0.2, 0.25) is 5.02 Å². The Balaban J connectivity index is 1.52. The fraction of sp³-hybridized carbons (Fsp3) is 0.0800. The summed E-state index contributed by atoms with van der Waals surface area (Å²) in [4.78, 5) is 28.2. The first-order valence-corrected chi connectivity index (χ1v) is 11.8. The fourth-order valence-electron chi connectivity index (χ4n) is 3.45. The van der Waals surface area contributed by atoms with Crippen molar-refractivity contribution in [2.24, 2.45) is 0 Å². The van der Waals surface area contributed by atoms with Gasteiger partial charge in [-0.05, 0) is 49.5 Å². The summed E-state index contributed by atoms with van der Waals surface area (Å²) in [6, 6.07) is 24.1. The van der Waals surface area contributed by atoms with Crippen molar-refractivity contribution < 1.29 is 9.59 Å². The smallest absolute Gasteiger partial charge is 0.269 e. The zero-order valence-corrected chi connectivity index (χ0v) is 20.1. The number of nitrogens with zero attached hydrogens (tertiary/aromatic N) is 1. The fourth-order valence-corrected chi connectivity index (χ4v) is 5.06. The Morgan fingerprint density at radius 3 is 2.36 bits per heavy atom. The van der Waals surface area contributed by atoms with Gasteiger partial charge in [0, 0.05) is 22.3 Å². The van der Waals surface area contributed by atoms with Gasteiger partial charge in [0.1, 0.15) is 4.88 Å². The molecule has 0 spiro atoms. The quantitative estimate of drug-likeness (QED) is 0.318. The van der Waals surface area contributed by atoms with E-state index in [1.54, 1.807) is 29.2 Å². The number of para-hydroxylation sites is 2. The van der Waals surface area contributed by atoms with Crippen LogP contribution < -0.4 is 15.5 Å². The third-order valence-corrected chi connectivity index (χ3v) is 6.88. The Hall–Kier alpha value is -3.26. The highest BCUT2D eigenvalue weighted by Crippen LogP contribution is 2.35. The van der Waals surface area contributed by atoms with E-state index in [4.69, 9.17) is 23.8 Å². The molecule has 0 saturated carbocycles. The SMILES string of the molecule is CCN(C(=O)c1ccccc1NC(=S)NC(=O)c1sc2ccccc2c1Cl)c1ccccc1. The van der Waals surface area contributed by atoms with E-state index in [1.807, 2.05) is 61.5 Å². The van der Waals surface area contributed by atoms with Crippen LogP contribution in [0.1, 0.15) is 27.0 Å². The topological polar surface area (TPSA) is 61.4 Å². The van der Waals surface area contributed by atoms with Crippen LogP contribution in [0.25, 0.3) is 10.1 Å². The first-order valence-electron chi connectivity index (χ1n) is 10.2. The van der Waals surface area contributed by atoms with Crippen molar-refractivity contribution in [3.05, 3.63) is 94.3 Å². The molecule has 0 aliphatic rings. The predicted octanol–water partition coefficient (Wildman–Crippen LogP) is 6.35. The van der Waals surface area contributed by atoms with Gasteiger partial charge in [-0.2, -0.15) is 0 Å². The highest BCUT2D eigenvalue weighted by Gasteiger charge is 2.21. The molecule has 0 fully saturated rings. The zero-order valence-electron chi connectivity index (χ0n) is 17.7. The van der Waals surface area contributed by atoms with Crippen LogP contribution in [0.3, 0.4) is 0 Å². The Bertz CT molecular complexity index is 1340. The number of thiocarbonyl (C=S) groups is 1. The summed E-state index contributed by atoms with van der Waals surface area (Å²) in [5, 5.41) is 6.96. The molecule has 1 heterocycles. The summed E-state index contributed by atoms with van der Waals surface area (Å²) in [5.74, 6) is -0.574. The number of hydrogen-bond donors (Lipinski definition) is 2. The number of rotatable bonds is 5. The van der Waals surface area contributed by atoms with Crippen molar-refractivity contribution in [2.45, 2.75) is 6.92 Å². The maximum absolute atomic E-state index is 13.3. The molecule has 33 heavy (non-hydrogen) atoms. The zero-order chi connectivity index (χ0) is 23.4. The second kappa shape index (κ2) is 10.1. The van der Waals surface area contributed by atoms with Crippen LogP contribution >= 0.6 is 35.2 Å². The average molecular weight is 494 g/mol. The lowest BCUT2D eigenvalue weighted by Crippen LogP contribution is -2.35. The van der Waals surface area contributed by atoms with Crippen molar-refractivity contribution >= 4 is 73.5 Å². The molecule has 1 aromatic heterocycles. The van der Waals surface area contributed by atoms with Gasteiger partial charge in [0.2, 0.25) is 0 Å². The van der Waals surface area contributed by atoms with Crippen molar-refractivity contribution in [1.29, 1.82) is 0 Å². The number of benzene rings is 3. The molecule has 0 unspecified atom stereocenters. The lowest BCUT2D eigenvalue weighted by Gasteiger charge is -2.22. The standard InChI is InChI=1S/C25H20ClN3O2S2/c1-2-29(16-10-4-3-5-11-16)24(31)17-12-6-8-14-19(17)27-25(32)28-23(30)22-21(26)18-13-7-9-15-20(18)33-22/h3-15H,2H2,1H3,(H2,27,28,30,32). The molecule has 5 nitrogen and oxygen atoms in total. The molecule has 2 N–H and O–H groups in total. The monoisotopic (exact) mass is 493 g/mol. The summed E-state index contributed by atoms with van der Waals surface area (Å²) < 4.78 is 0.919. The molecular formula is C25H20ClN3O2S2. The minimum Gasteiger partial charge on any atom is -0.332 e. The number of hydrogen-bond acceptors (Lipinski definition) is 4. The molecule has 0 atom stereocenters. The lowest BCUT2D eigenvalue weighted by atomic mass is 10.1. The van der Waals surface area contributed by atoms with Gasteiger partial charge < -0.3 is 10.2 Å². The Labute approximate surface area is 206 Å². The molecule has 3 aromatic carbocycles. The highest BCUT2D eigenvalue weighted by atomic mass is 35.5. The largest absolute Gasteiger partial charge is 0.332 e. The second-order valence-electron chi connectivity index (χ2n) is 7.08.